The SMILES string of the molecule is CCCC(C)(C)NCC(O)COC(C)(C)C. The van der Waals surface area contributed by atoms with Crippen molar-refractivity contribution in [3.63, 3.8) is 0 Å². The molecule has 0 aromatic carbocycles. The smallest absolute Gasteiger partial charge is 0.0898 e. The molecule has 98 valence electrons. The molecule has 1 unspecified atom stereocenters. The molecule has 0 rings (SSSR count). The van der Waals surface area contributed by atoms with Crippen LogP contribution in [-0.2, 0) is 4.74 Å². The Hall–Kier alpha value is -0.120. The van der Waals surface area contributed by atoms with Gasteiger partial charge in [-0.25, -0.2) is 0 Å². The molecule has 0 heterocycles. The van der Waals surface area contributed by atoms with E-state index in [9.17, 15) is 5.11 Å². The molecule has 0 amide bonds. The second kappa shape index (κ2) is 6.58. The van der Waals surface area contributed by atoms with Crippen LogP contribution in [0.25, 0.3) is 0 Å². The lowest BCUT2D eigenvalue weighted by molar-refractivity contribution is -0.0491. The summed E-state index contributed by atoms with van der Waals surface area (Å²) in [4.78, 5) is 0. The van der Waals surface area contributed by atoms with E-state index in [0.717, 1.165) is 12.8 Å². The molecule has 0 aliphatic heterocycles. The van der Waals surface area contributed by atoms with E-state index in [-0.39, 0.29) is 11.1 Å². The quantitative estimate of drug-likeness (QED) is 0.706. The minimum absolute atomic E-state index is 0.0947. The van der Waals surface area contributed by atoms with Gasteiger partial charge < -0.3 is 15.2 Å². The Morgan fingerprint density at radius 3 is 2.19 bits per heavy atom. The van der Waals surface area contributed by atoms with Crippen molar-refractivity contribution in [2.24, 2.45) is 0 Å². The minimum atomic E-state index is -0.435. The summed E-state index contributed by atoms with van der Waals surface area (Å²) < 4.78 is 5.53. The Labute approximate surface area is 101 Å². The highest BCUT2D eigenvalue weighted by Crippen LogP contribution is 2.11. The molecule has 3 heteroatoms. The second-order valence-electron chi connectivity index (χ2n) is 6.09. The Balaban J connectivity index is 3.76. The van der Waals surface area contributed by atoms with Gasteiger partial charge in [0.25, 0.3) is 0 Å². The largest absolute Gasteiger partial charge is 0.389 e. The summed E-state index contributed by atoms with van der Waals surface area (Å²) in [6.07, 6.45) is 1.82. The maximum Gasteiger partial charge on any atom is 0.0898 e. The van der Waals surface area contributed by atoms with Crippen molar-refractivity contribution in [1.29, 1.82) is 0 Å². The van der Waals surface area contributed by atoms with Crippen molar-refractivity contribution in [3.05, 3.63) is 0 Å². The van der Waals surface area contributed by atoms with E-state index < -0.39 is 6.10 Å². The molecule has 0 aliphatic carbocycles. The number of β-amino-alcohol motifs (C(OH)–C–C–N with tert-alkyl or cyclic N) is 1. The summed E-state index contributed by atoms with van der Waals surface area (Å²) in [6.45, 7) is 13.4. The number of hydrogen-bond acceptors (Lipinski definition) is 3. The fraction of sp³-hybridized carbons (Fsp3) is 1.00. The van der Waals surface area contributed by atoms with Crippen LogP contribution < -0.4 is 5.32 Å². The zero-order valence-electron chi connectivity index (χ0n) is 11.8. The lowest BCUT2D eigenvalue weighted by Gasteiger charge is -2.28. The average molecular weight is 231 g/mol. The van der Waals surface area contributed by atoms with Crippen molar-refractivity contribution in [2.75, 3.05) is 13.2 Å². The molecule has 0 fully saturated rings. The Morgan fingerprint density at radius 1 is 1.19 bits per heavy atom. The molecular formula is C13H29NO2. The number of nitrogens with one attached hydrogen (secondary N) is 1. The first kappa shape index (κ1) is 15.9. The Kier molecular flexibility index (Phi) is 6.53. The van der Waals surface area contributed by atoms with Crippen molar-refractivity contribution >= 4 is 0 Å². The summed E-state index contributed by atoms with van der Waals surface area (Å²) >= 11 is 0. The third kappa shape index (κ3) is 9.13. The number of aliphatic hydroxyl groups excluding tert-OH is 1. The molecule has 0 aromatic rings. The zero-order chi connectivity index (χ0) is 12.8. The fourth-order valence-electron chi connectivity index (χ4n) is 1.51. The fourth-order valence-corrected chi connectivity index (χ4v) is 1.51. The van der Waals surface area contributed by atoms with Gasteiger partial charge in [-0.3, -0.25) is 0 Å². The second-order valence-corrected chi connectivity index (χ2v) is 6.09. The summed E-state index contributed by atoms with van der Waals surface area (Å²) in [5, 5.41) is 13.1. The molecule has 1 atom stereocenters. The van der Waals surface area contributed by atoms with E-state index in [1.54, 1.807) is 0 Å². The lowest BCUT2D eigenvalue weighted by Crippen LogP contribution is -2.44. The van der Waals surface area contributed by atoms with Crippen LogP contribution in [0.2, 0.25) is 0 Å². The van der Waals surface area contributed by atoms with Crippen LogP contribution in [0.5, 0.6) is 0 Å². The summed E-state index contributed by atoms with van der Waals surface area (Å²) in [6, 6.07) is 0. The number of hydrogen-bond donors (Lipinski definition) is 2. The van der Waals surface area contributed by atoms with Crippen molar-refractivity contribution < 1.29 is 9.84 Å². The van der Waals surface area contributed by atoms with Crippen molar-refractivity contribution in [3.8, 4) is 0 Å². The molecule has 0 spiro atoms. The molecular weight excluding hydrogens is 202 g/mol. The van der Waals surface area contributed by atoms with Gasteiger partial charge in [-0.15, -0.1) is 0 Å². The molecule has 0 saturated heterocycles. The molecule has 0 aliphatic rings. The number of aliphatic hydroxyl groups is 1. The first-order valence-electron chi connectivity index (χ1n) is 6.23. The molecule has 0 aromatic heterocycles. The number of ether oxygens (including phenoxy) is 1. The molecule has 3 nitrogen and oxygen atoms in total. The van der Waals surface area contributed by atoms with Crippen LogP contribution in [0, 0.1) is 0 Å². The van der Waals surface area contributed by atoms with Gasteiger partial charge in [0.2, 0.25) is 0 Å². The highest BCUT2D eigenvalue weighted by molar-refractivity contribution is 4.78. The van der Waals surface area contributed by atoms with Crippen LogP contribution in [0.4, 0.5) is 0 Å². The lowest BCUT2D eigenvalue weighted by atomic mass is 9.99. The maximum absolute atomic E-state index is 9.76. The molecule has 0 saturated carbocycles. The minimum Gasteiger partial charge on any atom is -0.389 e. The van der Waals surface area contributed by atoms with E-state index in [4.69, 9.17) is 4.74 Å². The maximum atomic E-state index is 9.76. The molecule has 0 bridgehead atoms. The van der Waals surface area contributed by atoms with Crippen LogP contribution in [0.1, 0.15) is 54.4 Å². The third-order valence-electron chi connectivity index (χ3n) is 2.40. The normalized spacial score (nSPS) is 15.2. The van der Waals surface area contributed by atoms with Gasteiger partial charge in [0, 0.05) is 12.1 Å². The molecule has 2 N–H and O–H groups in total. The molecule has 0 radical (unpaired) electrons. The van der Waals surface area contributed by atoms with Crippen LogP contribution in [-0.4, -0.2) is 35.5 Å². The topological polar surface area (TPSA) is 41.5 Å². The van der Waals surface area contributed by atoms with Crippen molar-refractivity contribution in [1.82, 2.24) is 5.32 Å². The Bertz CT molecular complexity index is 185. The van der Waals surface area contributed by atoms with E-state index >= 15 is 0 Å². The summed E-state index contributed by atoms with van der Waals surface area (Å²) in [5.74, 6) is 0. The highest BCUT2D eigenvalue weighted by Gasteiger charge is 2.18. The van der Waals surface area contributed by atoms with E-state index in [1.165, 1.54) is 0 Å². The Morgan fingerprint density at radius 2 is 1.75 bits per heavy atom. The average Bonchev–Trinajstić information content (AvgIpc) is 2.10. The van der Waals surface area contributed by atoms with Crippen LogP contribution in [0.3, 0.4) is 0 Å². The number of rotatable bonds is 7. The predicted molar refractivity (Wildman–Crippen MR) is 68.7 cm³/mol. The first-order chi connectivity index (χ1) is 7.16. The van der Waals surface area contributed by atoms with Gasteiger partial charge in [0.05, 0.1) is 18.3 Å². The van der Waals surface area contributed by atoms with Gasteiger partial charge in [-0.05, 0) is 41.0 Å². The predicted octanol–water partition coefficient (Wildman–Crippen LogP) is 2.33. The zero-order valence-corrected chi connectivity index (χ0v) is 11.8. The van der Waals surface area contributed by atoms with E-state index in [2.05, 4.69) is 26.1 Å². The van der Waals surface area contributed by atoms with Gasteiger partial charge in [-0.2, -0.15) is 0 Å². The van der Waals surface area contributed by atoms with Gasteiger partial charge in [0.1, 0.15) is 0 Å². The van der Waals surface area contributed by atoms with Gasteiger partial charge in [0.15, 0.2) is 0 Å². The van der Waals surface area contributed by atoms with E-state index in [1.807, 2.05) is 20.8 Å². The first-order valence-corrected chi connectivity index (χ1v) is 6.23. The highest BCUT2D eigenvalue weighted by atomic mass is 16.5. The summed E-state index contributed by atoms with van der Waals surface area (Å²) in [7, 11) is 0. The molecule has 16 heavy (non-hydrogen) atoms. The third-order valence-corrected chi connectivity index (χ3v) is 2.40. The summed E-state index contributed by atoms with van der Waals surface area (Å²) in [5.41, 5.74) is -0.0859. The van der Waals surface area contributed by atoms with Gasteiger partial charge >= 0.3 is 0 Å². The van der Waals surface area contributed by atoms with Crippen LogP contribution >= 0.6 is 0 Å². The monoisotopic (exact) mass is 231 g/mol. The standard InChI is InChI=1S/C13H29NO2/c1-7-8-13(5,6)14-9-11(15)10-16-12(2,3)4/h11,14-15H,7-10H2,1-6H3. The van der Waals surface area contributed by atoms with Gasteiger partial charge in [-0.1, -0.05) is 13.3 Å². The van der Waals surface area contributed by atoms with E-state index in [0.29, 0.717) is 13.2 Å². The van der Waals surface area contributed by atoms with Crippen molar-refractivity contribution in [2.45, 2.75) is 71.6 Å². The van der Waals surface area contributed by atoms with Crippen LogP contribution in [0.15, 0.2) is 0 Å².